The van der Waals surface area contributed by atoms with Gasteiger partial charge in [0.2, 0.25) is 11.8 Å². The van der Waals surface area contributed by atoms with Gasteiger partial charge in [0.15, 0.2) is 0 Å². The van der Waals surface area contributed by atoms with Gasteiger partial charge in [-0.1, -0.05) is 25.0 Å². The van der Waals surface area contributed by atoms with Crippen molar-refractivity contribution in [3.8, 4) is 0 Å². The Bertz CT molecular complexity index is 1720. The fraction of sp³-hybridized carbons (Fsp3) is 0.767. The van der Waals surface area contributed by atoms with Crippen molar-refractivity contribution < 1.29 is 29.0 Å². The lowest BCUT2D eigenvalue weighted by atomic mass is 9.75. The predicted octanol–water partition coefficient (Wildman–Crippen LogP) is 4.93. The second kappa shape index (κ2) is 17.6. The first-order chi connectivity index (χ1) is 27.0. The van der Waals surface area contributed by atoms with Crippen molar-refractivity contribution in [2.45, 2.75) is 170 Å². The Labute approximate surface area is 338 Å². The number of amides is 3. The number of fused-ring (bicyclic) bond motifs is 2. The number of alkyl carbamates (subject to hydrolysis) is 1. The number of carbonyl (C=O) groups is 4. The molecule has 1 saturated heterocycles. The van der Waals surface area contributed by atoms with Gasteiger partial charge in [-0.05, 0) is 143 Å². The Kier molecular flexibility index (Phi) is 13.2. The fourth-order valence-electron chi connectivity index (χ4n) is 9.98. The molecule has 0 unspecified atom stereocenters. The van der Waals surface area contributed by atoms with Crippen LogP contribution in [-0.4, -0.2) is 124 Å². The molecule has 3 heterocycles. The molecule has 0 aromatic carbocycles. The van der Waals surface area contributed by atoms with Crippen LogP contribution >= 0.6 is 0 Å². The van der Waals surface area contributed by atoms with E-state index in [9.17, 15) is 29.1 Å². The van der Waals surface area contributed by atoms with Gasteiger partial charge in [-0.25, -0.2) is 14.3 Å². The van der Waals surface area contributed by atoms with Crippen LogP contribution in [0.4, 0.5) is 4.79 Å². The number of hydrogen-bond acceptors (Lipinski definition) is 9. The standard InChI is InChI=1S/C43H67N7O7/c1-42(2,3)57-41(56)45-34-14-12-10-8-9-11-13-29-24-43(29,40(54)55)46-37(51)35-23-32(26-49(35)38(34)52)50-39(53)36(28-17-21-31(22-18-28)48(6)7)33(25-44-50)27-15-19-30(20-16-27)47(4)5/h11,13,25,27-32,34-35H,8-10,12,14-24,26H2,1-7H3,(H,45,56)(H,46,51)(H,54,55)/b13-11-/t27?,28?,29-,30?,31?,32-,34+,35+,43-/m1/s1. The largest absolute Gasteiger partial charge is 0.479 e. The van der Waals surface area contributed by atoms with E-state index >= 15 is 0 Å². The van der Waals surface area contributed by atoms with Crippen LogP contribution in [-0.2, 0) is 19.1 Å². The first-order valence-electron chi connectivity index (χ1n) is 21.5. The molecule has 14 nitrogen and oxygen atoms in total. The van der Waals surface area contributed by atoms with E-state index in [0.717, 1.165) is 81.8 Å². The van der Waals surface area contributed by atoms with Gasteiger partial charge in [-0.2, -0.15) is 5.10 Å². The van der Waals surface area contributed by atoms with Crippen LogP contribution in [0.5, 0.6) is 0 Å². The van der Waals surface area contributed by atoms with E-state index in [0.29, 0.717) is 24.9 Å². The highest BCUT2D eigenvalue weighted by molar-refractivity contribution is 5.96. The highest BCUT2D eigenvalue weighted by Gasteiger charge is 2.61. The minimum Gasteiger partial charge on any atom is -0.479 e. The van der Waals surface area contributed by atoms with Gasteiger partial charge in [-0.15, -0.1) is 0 Å². The molecule has 2 aliphatic heterocycles. The Morgan fingerprint density at radius 1 is 0.912 bits per heavy atom. The molecule has 3 saturated carbocycles. The molecule has 0 spiro atoms. The van der Waals surface area contributed by atoms with Crippen LogP contribution in [0.2, 0.25) is 0 Å². The summed E-state index contributed by atoms with van der Waals surface area (Å²) in [4.78, 5) is 75.7. The first-order valence-corrected chi connectivity index (χ1v) is 21.5. The van der Waals surface area contributed by atoms with Gasteiger partial charge in [0, 0.05) is 36.5 Å². The molecular weight excluding hydrogens is 727 g/mol. The minimum absolute atomic E-state index is 0.0137. The maximum atomic E-state index is 15.0. The van der Waals surface area contributed by atoms with Gasteiger partial charge in [0.05, 0.1) is 12.2 Å². The van der Waals surface area contributed by atoms with E-state index in [2.05, 4.69) is 48.6 Å². The van der Waals surface area contributed by atoms with Gasteiger partial charge >= 0.3 is 12.1 Å². The third-order valence-corrected chi connectivity index (χ3v) is 13.4. The quantitative estimate of drug-likeness (QED) is 0.322. The van der Waals surface area contributed by atoms with Crippen molar-refractivity contribution in [2.24, 2.45) is 5.92 Å². The smallest absolute Gasteiger partial charge is 0.408 e. The molecule has 3 aliphatic carbocycles. The number of ether oxygens (including phenoxy) is 1. The number of carbonyl (C=O) groups excluding carboxylic acids is 3. The molecule has 3 amide bonds. The predicted molar refractivity (Wildman–Crippen MR) is 217 cm³/mol. The molecule has 3 N–H and O–H groups in total. The lowest BCUT2D eigenvalue weighted by Gasteiger charge is -2.36. The second-order valence-electron chi connectivity index (χ2n) is 18.9. The second-order valence-corrected chi connectivity index (χ2v) is 18.9. The Hall–Kier alpha value is -3.78. The van der Waals surface area contributed by atoms with Crippen molar-refractivity contribution in [3.05, 3.63) is 39.8 Å². The van der Waals surface area contributed by atoms with Gasteiger partial charge < -0.3 is 35.2 Å². The molecule has 6 rings (SSSR count). The van der Waals surface area contributed by atoms with Gasteiger partial charge in [-0.3, -0.25) is 14.4 Å². The monoisotopic (exact) mass is 794 g/mol. The number of rotatable bonds is 7. The molecule has 57 heavy (non-hydrogen) atoms. The van der Waals surface area contributed by atoms with Crippen LogP contribution in [0.25, 0.3) is 0 Å². The topological polar surface area (TPSA) is 166 Å². The Morgan fingerprint density at radius 3 is 2.14 bits per heavy atom. The first kappa shape index (κ1) is 42.8. The van der Waals surface area contributed by atoms with Crippen molar-refractivity contribution in [1.82, 2.24) is 35.1 Å². The van der Waals surface area contributed by atoms with E-state index in [1.165, 1.54) is 9.58 Å². The number of aliphatic carboxylic acids is 1. The minimum atomic E-state index is -1.46. The molecule has 5 atom stereocenters. The van der Waals surface area contributed by atoms with Gasteiger partial charge in [0.1, 0.15) is 23.2 Å². The van der Waals surface area contributed by atoms with Crippen LogP contribution in [0.1, 0.15) is 146 Å². The molecule has 5 aliphatic rings. The van der Waals surface area contributed by atoms with Gasteiger partial charge in [0.25, 0.3) is 5.56 Å². The maximum Gasteiger partial charge on any atom is 0.408 e. The molecule has 1 aromatic heterocycles. The number of nitrogens with one attached hydrogen (secondary N) is 2. The van der Waals surface area contributed by atoms with E-state index in [1.807, 2.05) is 18.3 Å². The molecule has 14 heteroatoms. The van der Waals surface area contributed by atoms with Crippen LogP contribution < -0.4 is 16.2 Å². The fourth-order valence-corrected chi connectivity index (χ4v) is 9.98. The summed E-state index contributed by atoms with van der Waals surface area (Å²) in [6.45, 7) is 5.26. The van der Waals surface area contributed by atoms with Crippen molar-refractivity contribution in [1.29, 1.82) is 0 Å². The third-order valence-electron chi connectivity index (χ3n) is 13.4. The maximum absolute atomic E-state index is 15.0. The summed E-state index contributed by atoms with van der Waals surface area (Å²) in [6, 6.07) is -1.72. The average Bonchev–Trinajstić information content (AvgIpc) is 3.67. The number of hydrogen-bond donors (Lipinski definition) is 3. The number of carboxylic acid groups (broad SMARTS) is 1. The van der Waals surface area contributed by atoms with E-state index in [-0.39, 0.29) is 42.7 Å². The molecular formula is C43H67N7O7. The van der Waals surface area contributed by atoms with E-state index in [4.69, 9.17) is 9.84 Å². The van der Waals surface area contributed by atoms with Crippen LogP contribution in [0.3, 0.4) is 0 Å². The summed E-state index contributed by atoms with van der Waals surface area (Å²) in [5.74, 6) is -2.20. The Balaban J connectivity index is 1.35. The lowest BCUT2D eigenvalue weighted by Crippen LogP contribution is -2.56. The number of nitrogens with zero attached hydrogens (tertiary/aromatic N) is 5. The van der Waals surface area contributed by atoms with E-state index < -0.39 is 53.1 Å². The molecule has 0 radical (unpaired) electrons. The zero-order chi connectivity index (χ0) is 41.2. The van der Waals surface area contributed by atoms with Crippen molar-refractivity contribution in [2.75, 3.05) is 34.7 Å². The number of carboxylic acids is 1. The lowest BCUT2D eigenvalue weighted by molar-refractivity contribution is -0.145. The number of allylic oxidation sites excluding steroid dienone is 1. The summed E-state index contributed by atoms with van der Waals surface area (Å²) in [6.07, 6.45) is 16.6. The average molecular weight is 794 g/mol. The van der Waals surface area contributed by atoms with Crippen molar-refractivity contribution in [3.63, 3.8) is 0 Å². The summed E-state index contributed by atoms with van der Waals surface area (Å²) >= 11 is 0. The van der Waals surface area contributed by atoms with Crippen molar-refractivity contribution >= 4 is 23.9 Å². The molecule has 4 fully saturated rings. The molecule has 0 bridgehead atoms. The summed E-state index contributed by atoms with van der Waals surface area (Å²) in [7, 11) is 8.47. The van der Waals surface area contributed by atoms with Crippen LogP contribution in [0, 0.1) is 5.92 Å². The number of aromatic nitrogens is 2. The molecule has 316 valence electrons. The summed E-state index contributed by atoms with van der Waals surface area (Å²) in [5, 5.41) is 20.8. The third kappa shape index (κ3) is 9.75. The SMILES string of the molecule is CN(C)C1CCC(c2cnn([C@@H]3C[C@H]4C(=O)N[C@]5(C(=O)O)C[C@H]5/C=C\CCCCC[C@H](NC(=O)OC(C)(C)C)C(=O)N4C3)c(=O)c2C2CCC(N(C)C)CC2)CC1. The normalized spacial score (nSPS) is 33.4. The highest BCUT2D eigenvalue weighted by Crippen LogP contribution is 2.46. The Morgan fingerprint density at radius 2 is 1.54 bits per heavy atom. The summed E-state index contributed by atoms with van der Waals surface area (Å²) in [5.41, 5.74) is -0.538. The van der Waals surface area contributed by atoms with Crippen LogP contribution in [0.15, 0.2) is 23.1 Å². The molecule has 1 aromatic rings. The zero-order valence-corrected chi connectivity index (χ0v) is 35.3. The zero-order valence-electron chi connectivity index (χ0n) is 35.3. The van der Waals surface area contributed by atoms with E-state index in [1.54, 1.807) is 20.8 Å². The summed E-state index contributed by atoms with van der Waals surface area (Å²) < 4.78 is 7.05. The highest BCUT2D eigenvalue weighted by atomic mass is 16.6.